The summed E-state index contributed by atoms with van der Waals surface area (Å²) < 4.78 is 57.5. The molecule has 0 aromatic carbocycles. The van der Waals surface area contributed by atoms with E-state index in [1.807, 2.05) is 0 Å². The average Bonchev–Trinajstić information content (AvgIpc) is 2.15. The lowest BCUT2D eigenvalue weighted by Gasteiger charge is -2.06. The van der Waals surface area contributed by atoms with E-state index in [9.17, 15) is 26.4 Å². The first kappa shape index (κ1) is 13.4. The average molecular weight is 269 g/mol. The number of nitrogens with one attached hydrogen (secondary N) is 1. The molecule has 0 aliphatic carbocycles. The van der Waals surface area contributed by atoms with E-state index >= 15 is 0 Å². The molecule has 1 amide bonds. The molecule has 0 radical (unpaired) electrons. The topological polar surface area (TPSA) is 89.0 Å². The summed E-state index contributed by atoms with van der Waals surface area (Å²) in [6.07, 6.45) is -4.18. The number of halogens is 3. The summed E-state index contributed by atoms with van der Waals surface area (Å²) >= 11 is 0. The van der Waals surface area contributed by atoms with Crippen LogP contribution < -0.4 is 5.32 Å². The zero-order valence-corrected chi connectivity index (χ0v) is 9.13. The van der Waals surface area contributed by atoms with Gasteiger partial charge in [-0.05, 0) is 12.1 Å². The number of alkyl halides is 3. The van der Waals surface area contributed by atoms with Crippen molar-refractivity contribution in [2.75, 3.05) is 11.6 Å². The molecule has 1 aromatic rings. The highest BCUT2D eigenvalue weighted by atomic mass is 32.2. The van der Waals surface area contributed by atoms with Crippen molar-refractivity contribution in [3.05, 3.63) is 12.1 Å². The number of nitrogens with zero attached hydrogens (tertiary/aromatic N) is 2. The van der Waals surface area contributed by atoms with Crippen molar-refractivity contribution in [2.45, 2.75) is 11.2 Å². The predicted octanol–water partition coefficient (Wildman–Crippen LogP) is 0.381. The van der Waals surface area contributed by atoms with Gasteiger partial charge in [0, 0.05) is 6.26 Å². The van der Waals surface area contributed by atoms with Crippen molar-refractivity contribution < 1.29 is 26.4 Å². The Morgan fingerprint density at radius 3 is 2.24 bits per heavy atom. The number of carbonyl (C=O) groups is 1. The molecule has 0 bridgehead atoms. The highest BCUT2D eigenvalue weighted by Crippen LogP contribution is 2.17. The van der Waals surface area contributed by atoms with Gasteiger partial charge < -0.3 is 5.32 Å². The van der Waals surface area contributed by atoms with Gasteiger partial charge in [0.1, 0.15) is 0 Å². The Balaban J connectivity index is 2.87. The number of rotatable bonds is 2. The minimum absolute atomic E-state index is 0.400. The van der Waals surface area contributed by atoms with E-state index in [1.165, 1.54) is 5.32 Å². The van der Waals surface area contributed by atoms with Crippen LogP contribution in [-0.2, 0) is 14.6 Å². The van der Waals surface area contributed by atoms with Crippen LogP contribution in [0.3, 0.4) is 0 Å². The SMILES string of the molecule is CS(=O)(=O)c1ccc(NC(=O)C(F)(F)F)nn1. The Morgan fingerprint density at radius 1 is 1.29 bits per heavy atom. The van der Waals surface area contributed by atoms with Crippen LogP contribution in [0.2, 0.25) is 0 Å². The summed E-state index contributed by atoms with van der Waals surface area (Å²) in [6, 6.07) is 1.85. The minimum Gasteiger partial charge on any atom is -0.301 e. The standard InChI is InChI=1S/C7H6F3N3O3S/c1-17(15,16)5-3-2-4(12-13-5)11-6(14)7(8,9)10/h2-3H,1H3,(H,11,12,14). The minimum atomic E-state index is -5.04. The van der Waals surface area contributed by atoms with Gasteiger partial charge >= 0.3 is 12.1 Å². The lowest BCUT2D eigenvalue weighted by Crippen LogP contribution is -2.30. The Morgan fingerprint density at radius 2 is 1.88 bits per heavy atom. The molecule has 6 nitrogen and oxygen atoms in total. The molecule has 0 saturated heterocycles. The molecule has 1 heterocycles. The largest absolute Gasteiger partial charge is 0.471 e. The number of carbonyl (C=O) groups excluding carboxylic acids is 1. The molecule has 10 heteroatoms. The Labute approximate surface area is 93.8 Å². The van der Waals surface area contributed by atoms with Gasteiger partial charge in [-0.15, -0.1) is 10.2 Å². The molecule has 0 spiro atoms. The van der Waals surface area contributed by atoms with E-state index in [0.717, 1.165) is 18.4 Å². The maximum absolute atomic E-state index is 11.8. The monoisotopic (exact) mass is 269 g/mol. The predicted molar refractivity (Wildman–Crippen MR) is 49.8 cm³/mol. The molecule has 94 valence electrons. The molecule has 1 rings (SSSR count). The van der Waals surface area contributed by atoms with Gasteiger partial charge in [-0.3, -0.25) is 4.79 Å². The Kier molecular flexibility index (Phi) is 3.36. The van der Waals surface area contributed by atoms with Gasteiger partial charge in [0.15, 0.2) is 20.7 Å². The Bertz CT molecular complexity index is 524. The second-order valence-corrected chi connectivity index (χ2v) is 4.94. The van der Waals surface area contributed by atoms with Gasteiger partial charge in [-0.25, -0.2) is 8.42 Å². The number of hydrogen-bond donors (Lipinski definition) is 1. The molecule has 0 fully saturated rings. The third kappa shape index (κ3) is 3.66. The van der Waals surface area contributed by atoms with Crippen LogP contribution >= 0.6 is 0 Å². The fourth-order valence-corrected chi connectivity index (χ4v) is 1.28. The summed E-state index contributed by atoms with van der Waals surface area (Å²) in [5.74, 6) is -2.70. The zero-order valence-electron chi connectivity index (χ0n) is 8.32. The van der Waals surface area contributed by atoms with E-state index in [-0.39, 0.29) is 0 Å². The third-order valence-corrected chi connectivity index (χ3v) is 2.50. The van der Waals surface area contributed by atoms with Gasteiger partial charge in [0.2, 0.25) is 0 Å². The zero-order chi connectivity index (χ0) is 13.3. The van der Waals surface area contributed by atoms with E-state index in [4.69, 9.17) is 0 Å². The van der Waals surface area contributed by atoms with Crippen molar-refractivity contribution in [3.8, 4) is 0 Å². The van der Waals surface area contributed by atoms with Gasteiger partial charge in [-0.1, -0.05) is 0 Å². The first-order valence-corrected chi connectivity index (χ1v) is 5.92. The summed E-state index contributed by atoms with van der Waals surface area (Å²) in [4.78, 5) is 10.5. The highest BCUT2D eigenvalue weighted by Gasteiger charge is 2.38. The smallest absolute Gasteiger partial charge is 0.301 e. The van der Waals surface area contributed by atoms with Gasteiger partial charge in [0.25, 0.3) is 0 Å². The van der Waals surface area contributed by atoms with Crippen LogP contribution in [0.15, 0.2) is 17.2 Å². The molecule has 1 N–H and O–H groups in total. The molecular formula is C7H6F3N3O3S. The maximum atomic E-state index is 11.8. The number of anilines is 1. The first-order valence-electron chi connectivity index (χ1n) is 4.02. The summed E-state index contributed by atoms with van der Waals surface area (Å²) in [7, 11) is -3.58. The summed E-state index contributed by atoms with van der Waals surface area (Å²) in [5, 5.41) is 7.33. The van der Waals surface area contributed by atoms with Gasteiger partial charge in [-0.2, -0.15) is 13.2 Å². The van der Waals surface area contributed by atoms with Crippen LogP contribution in [0.1, 0.15) is 0 Å². The van der Waals surface area contributed by atoms with E-state index < -0.39 is 32.8 Å². The first-order chi connectivity index (χ1) is 7.60. The lowest BCUT2D eigenvalue weighted by molar-refractivity contribution is -0.167. The molecule has 17 heavy (non-hydrogen) atoms. The fraction of sp³-hybridized carbons (Fsp3) is 0.286. The molecule has 0 aliphatic rings. The molecule has 0 saturated carbocycles. The number of hydrogen-bond acceptors (Lipinski definition) is 5. The van der Waals surface area contributed by atoms with Crippen molar-refractivity contribution in [1.82, 2.24) is 10.2 Å². The molecule has 0 aliphatic heterocycles. The van der Waals surface area contributed by atoms with Crippen molar-refractivity contribution in [1.29, 1.82) is 0 Å². The lowest BCUT2D eigenvalue weighted by atomic mass is 10.5. The maximum Gasteiger partial charge on any atom is 0.471 e. The number of sulfone groups is 1. The third-order valence-electron chi connectivity index (χ3n) is 1.52. The van der Waals surface area contributed by atoms with Gasteiger partial charge in [0.05, 0.1) is 0 Å². The van der Waals surface area contributed by atoms with Crippen molar-refractivity contribution >= 4 is 21.6 Å². The summed E-state index contributed by atoms with van der Waals surface area (Å²) in [6.45, 7) is 0. The second-order valence-electron chi connectivity index (χ2n) is 2.98. The van der Waals surface area contributed by atoms with Crippen molar-refractivity contribution in [2.24, 2.45) is 0 Å². The van der Waals surface area contributed by atoms with Crippen LogP contribution in [0.4, 0.5) is 19.0 Å². The normalized spacial score (nSPS) is 12.2. The van der Waals surface area contributed by atoms with E-state index in [0.29, 0.717) is 0 Å². The molecule has 1 aromatic heterocycles. The van der Waals surface area contributed by atoms with Crippen molar-refractivity contribution in [3.63, 3.8) is 0 Å². The van der Waals surface area contributed by atoms with Crippen LogP contribution in [0.5, 0.6) is 0 Å². The second kappa shape index (κ2) is 4.28. The Hall–Kier alpha value is -1.71. The van der Waals surface area contributed by atoms with E-state index in [1.54, 1.807) is 0 Å². The molecule has 0 unspecified atom stereocenters. The molecular weight excluding hydrogens is 263 g/mol. The number of aromatic nitrogens is 2. The number of amides is 1. The quantitative estimate of drug-likeness (QED) is 0.838. The van der Waals surface area contributed by atoms with Crippen LogP contribution in [0.25, 0.3) is 0 Å². The fourth-order valence-electron chi connectivity index (χ4n) is 0.772. The van der Waals surface area contributed by atoms with Crippen LogP contribution in [-0.4, -0.2) is 37.0 Å². The molecule has 0 atom stereocenters. The van der Waals surface area contributed by atoms with Crippen LogP contribution in [0, 0.1) is 0 Å². The van der Waals surface area contributed by atoms with E-state index in [2.05, 4.69) is 10.2 Å². The highest BCUT2D eigenvalue weighted by molar-refractivity contribution is 7.90. The summed E-state index contributed by atoms with van der Waals surface area (Å²) in [5.41, 5.74) is 0.